The minimum absolute atomic E-state index is 0.182. The predicted molar refractivity (Wildman–Crippen MR) is 130 cm³/mol. The molecule has 5 rings (SSSR count). The Morgan fingerprint density at radius 1 is 0.750 bits per heavy atom. The van der Waals surface area contributed by atoms with E-state index < -0.39 is 0 Å². The van der Waals surface area contributed by atoms with Crippen molar-refractivity contribution in [2.45, 2.75) is 12.5 Å². The third-order valence-electron chi connectivity index (χ3n) is 5.53. The first-order valence-electron chi connectivity index (χ1n) is 10.7. The molecule has 4 heteroatoms. The van der Waals surface area contributed by atoms with Crippen LogP contribution in [-0.4, -0.2) is 12.9 Å². The van der Waals surface area contributed by atoms with Crippen molar-refractivity contribution in [2.75, 3.05) is 12.0 Å². The zero-order chi connectivity index (χ0) is 21.8. The summed E-state index contributed by atoms with van der Waals surface area (Å²) in [5.41, 5.74) is 4.03. The van der Waals surface area contributed by atoms with Crippen molar-refractivity contribution in [3.8, 4) is 11.5 Å². The Balaban J connectivity index is 1.63. The van der Waals surface area contributed by atoms with Crippen LogP contribution in [0, 0.1) is 0 Å². The Hall–Kier alpha value is -4.05. The quantitative estimate of drug-likeness (QED) is 0.353. The molecular weight excluding hydrogens is 396 g/mol. The number of hydrogen-bond donors (Lipinski definition) is 0. The second-order valence-electron chi connectivity index (χ2n) is 7.59. The summed E-state index contributed by atoms with van der Waals surface area (Å²) in [6.07, 6.45) is 0.434. The maximum atomic E-state index is 6.49. The second kappa shape index (κ2) is 8.98. The van der Waals surface area contributed by atoms with Gasteiger partial charge in [0, 0.05) is 17.8 Å². The first kappa shape index (κ1) is 19.9. The van der Waals surface area contributed by atoms with Gasteiger partial charge in [-0.05, 0) is 54.1 Å². The maximum absolute atomic E-state index is 6.49. The molecule has 0 spiro atoms. The van der Waals surface area contributed by atoms with E-state index in [1.54, 1.807) is 7.11 Å². The molecule has 0 amide bonds. The highest BCUT2D eigenvalue weighted by Crippen LogP contribution is 2.39. The number of para-hydroxylation sites is 4. The van der Waals surface area contributed by atoms with E-state index in [1.807, 2.05) is 72.8 Å². The molecule has 0 N–H and O–H groups in total. The first-order valence-corrected chi connectivity index (χ1v) is 10.7. The third kappa shape index (κ3) is 4.08. The molecule has 4 aromatic rings. The summed E-state index contributed by atoms with van der Waals surface area (Å²) in [4.78, 5) is 7.30. The van der Waals surface area contributed by atoms with Crippen molar-refractivity contribution in [2.24, 2.45) is 4.99 Å². The molecule has 1 atom stereocenters. The van der Waals surface area contributed by atoms with Crippen LogP contribution < -0.4 is 14.4 Å². The maximum Gasteiger partial charge on any atom is 0.145 e. The number of nitrogens with zero attached hydrogens (tertiary/aromatic N) is 2. The molecule has 0 saturated heterocycles. The number of aliphatic imine (C=N–C) groups is 1. The van der Waals surface area contributed by atoms with Gasteiger partial charge in [-0.25, -0.2) is 4.99 Å². The lowest BCUT2D eigenvalue weighted by Crippen LogP contribution is -2.28. The van der Waals surface area contributed by atoms with Crippen molar-refractivity contribution >= 4 is 22.9 Å². The SMILES string of the molecule is COc1ccc(C2CC(N(c3ccccc3)c3ccccc3)=Nc3ccccc3O2)cc1. The fraction of sp³-hybridized carbons (Fsp3) is 0.107. The molecule has 1 heterocycles. The lowest BCUT2D eigenvalue weighted by Gasteiger charge is -2.28. The van der Waals surface area contributed by atoms with E-state index in [-0.39, 0.29) is 6.10 Å². The minimum Gasteiger partial charge on any atom is -0.497 e. The van der Waals surface area contributed by atoms with E-state index in [4.69, 9.17) is 14.5 Å². The largest absolute Gasteiger partial charge is 0.497 e. The van der Waals surface area contributed by atoms with Gasteiger partial charge in [0.1, 0.15) is 29.1 Å². The normalized spacial score (nSPS) is 15.0. The summed E-state index contributed by atoms with van der Waals surface area (Å²) >= 11 is 0. The van der Waals surface area contributed by atoms with Crippen LogP contribution in [0.4, 0.5) is 17.1 Å². The summed E-state index contributed by atoms with van der Waals surface area (Å²) in [5.74, 6) is 2.53. The van der Waals surface area contributed by atoms with Gasteiger partial charge < -0.3 is 9.47 Å². The Morgan fingerprint density at radius 3 is 1.97 bits per heavy atom. The van der Waals surface area contributed by atoms with E-state index in [1.165, 1.54) is 0 Å². The number of fused-ring (bicyclic) bond motifs is 1. The van der Waals surface area contributed by atoms with Crippen LogP contribution in [0.15, 0.2) is 114 Å². The first-order chi connectivity index (χ1) is 15.8. The van der Waals surface area contributed by atoms with Crippen LogP contribution in [0.3, 0.4) is 0 Å². The lowest BCUT2D eigenvalue weighted by atomic mass is 10.0. The van der Waals surface area contributed by atoms with E-state index in [0.717, 1.165) is 40.0 Å². The van der Waals surface area contributed by atoms with Crippen molar-refractivity contribution < 1.29 is 9.47 Å². The number of hydrogen-bond acceptors (Lipinski definition) is 4. The van der Waals surface area contributed by atoms with Crippen molar-refractivity contribution in [1.29, 1.82) is 0 Å². The highest BCUT2D eigenvalue weighted by Gasteiger charge is 2.26. The van der Waals surface area contributed by atoms with E-state index >= 15 is 0 Å². The van der Waals surface area contributed by atoms with Crippen LogP contribution in [0.25, 0.3) is 0 Å². The van der Waals surface area contributed by atoms with Crippen molar-refractivity contribution in [3.63, 3.8) is 0 Å². The molecule has 0 radical (unpaired) electrons. The number of rotatable bonds is 4. The van der Waals surface area contributed by atoms with E-state index in [0.29, 0.717) is 6.42 Å². The van der Waals surface area contributed by atoms with Crippen LogP contribution in [0.1, 0.15) is 18.1 Å². The molecule has 4 aromatic carbocycles. The summed E-state index contributed by atoms with van der Waals surface area (Å²) in [6, 6.07) is 36.7. The smallest absolute Gasteiger partial charge is 0.145 e. The molecule has 1 unspecified atom stereocenters. The van der Waals surface area contributed by atoms with E-state index in [9.17, 15) is 0 Å². The zero-order valence-electron chi connectivity index (χ0n) is 17.9. The highest BCUT2D eigenvalue weighted by molar-refractivity contribution is 6.06. The Bertz CT molecular complexity index is 1170. The van der Waals surface area contributed by atoms with Crippen molar-refractivity contribution in [1.82, 2.24) is 0 Å². The van der Waals surface area contributed by atoms with Crippen molar-refractivity contribution in [3.05, 3.63) is 115 Å². The number of methoxy groups -OCH3 is 1. The summed E-state index contributed by atoms with van der Waals surface area (Å²) in [5, 5.41) is 0. The van der Waals surface area contributed by atoms with Gasteiger partial charge in [0.15, 0.2) is 0 Å². The average molecular weight is 421 g/mol. The monoisotopic (exact) mass is 420 g/mol. The third-order valence-corrected chi connectivity index (χ3v) is 5.53. The number of benzene rings is 4. The van der Waals surface area contributed by atoms with Gasteiger partial charge in [0.2, 0.25) is 0 Å². The molecule has 1 aliphatic rings. The summed E-state index contributed by atoms with van der Waals surface area (Å²) in [6.45, 7) is 0. The fourth-order valence-corrected chi connectivity index (χ4v) is 3.94. The topological polar surface area (TPSA) is 34.1 Å². The van der Waals surface area contributed by atoms with Gasteiger partial charge in [-0.2, -0.15) is 0 Å². The zero-order valence-corrected chi connectivity index (χ0v) is 17.9. The Labute approximate surface area is 188 Å². The molecular formula is C28H24N2O2. The molecule has 32 heavy (non-hydrogen) atoms. The van der Waals surface area contributed by atoms with Gasteiger partial charge in [-0.3, -0.25) is 4.90 Å². The summed E-state index contributed by atoms with van der Waals surface area (Å²) < 4.78 is 11.8. The number of ether oxygens (including phenoxy) is 2. The number of anilines is 2. The summed E-state index contributed by atoms with van der Waals surface area (Å²) in [7, 11) is 1.68. The van der Waals surface area contributed by atoms with Gasteiger partial charge in [-0.1, -0.05) is 60.7 Å². The standard InChI is InChI=1S/C28H24N2O2/c1-31-24-18-16-21(17-19-24)27-20-28(29-25-14-8-9-15-26(25)32-27)30(22-10-4-2-5-11-22)23-12-6-3-7-13-23/h2-19,27H,20H2,1H3. The molecule has 158 valence electrons. The van der Waals surface area contributed by atoms with Crippen LogP contribution in [0.5, 0.6) is 11.5 Å². The Morgan fingerprint density at radius 2 is 1.34 bits per heavy atom. The molecule has 4 nitrogen and oxygen atoms in total. The highest BCUT2D eigenvalue weighted by atomic mass is 16.5. The van der Waals surface area contributed by atoms with Gasteiger partial charge in [0.05, 0.1) is 7.11 Å². The van der Waals surface area contributed by atoms with Crippen LogP contribution in [-0.2, 0) is 0 Å². The second-order valence-corrected chi connectivity index (χ2v) is 7.59. The lowest BCUT2D eigenvalue weighted by molar-refractivity contribution is 0.217. The number of amidine groups is 1. The molecule has 1 aliphatic heterocycles. The minimum atomic E-state index is -0.182. The fourth-order valence-electron chi connectivity index (χ4n) is 3.94. The molecule has 0 fully saturated rings. The average Bonchev–Trinajstić information content (AvgIpc) is 3.05. The Kier molecular flexibility index (Phi) is 5.58. The molecule has 0 aliphatic carbocycles. The molecule has 0 aromatic heterocycles. The van der Waals surface area contributed by atoms with Crippen LogP contribution >= 0.6 is 0 Å². The van der Waals surface area contributed by atoms with Crippen LogP contribution in [0.2, 0.25) is 0 Å². The van der Waals surface area contributed by atoms with E-state index in [2.05, 4.69) is 41.3 Å². The van der Waals surface area contributed by atoms with Gasteiger partial charge in [0.25, 0.3) is 0 Å². The molecule has 0 saturated carbocycles. The van der Waals surface area contributed by atoms with Gasteiger partial charge in [-0.15, -0.1) is 0 Å². The molecule has 0 bridgehead atoms. The predicted octanol–water partition coefficient (Wildman–Crippen LogP) is 7.09. The van der Waals surface area contributed by atoms with Gasteiger partial charge >= 0.3 is 0 Å².